The molecule has 3 N–H and O–H groups in total. The standard InChI is InChI=1S/C16H23N7O/c1-11-19-20-21-23(11)15-5-3-4-13(10-15)18-16(24)22(2)14-8-6-12(17)7-9-14/h3-5,10,12,14H,6-9,17H2,1-2H3,(H,18,24). The molecule has 1 aliphatic carbocycles. The van der Waals surface area contributed by atoms with Gasteiger partial charge in [-0.15, -0.1) is 5.10 Å². The molecular formula is C16H23N7O. The van der Waals surface area contributed by atoms with E-state index in [2.05, 4.69) is 20.8 Å². The lowest BCUT2D eigenvalue weighted by Crippen LogP contribution is -2.43. The first-order valence-electron chi connectivity index (χ1n) is 8.19. The minimum absolute atomic E-state index is 0.110. The van der Waals surface area contributed by atoms with E-state index in [4.69, 9.17) is 5.73 Å². The summed E-state index contributed by atoms with van der Waals surface area (Å²) >= 11 is 0. The highest BCUT2D eigenvalue weighted by Gasteiger charge is 2.25. The normalized spacial score (nSPS) is 20.6. The predicted octanol–water partition coefficient (Wildman–Crippen LogP) is 1.70. The molecule has 1 aromatic heterocycles. The molecule has 0 radical (unpaired) electrons. The molecule has 8 heteroatoms. The summed E-state index contributed by atoms with van der Waals surface area (Å²) in [6.07, 6.45) is 3.84. The smallest absolute Gasteiger partial charge is 0.321 e. The largest absolute Gasteiger partial charge is 0.328 e. The van der Waals surface area contributed by atoms with Gasteiger partial charge in [0.05, 0.1) is 5.69 Å². The highest BCUT2D eigenvalue weighted by molar-refractivity contribution is 5.89. The molecule has 1 heterocycles. The third-order valence-electron chi connectivity index (χ3n) is 4.58. The van der Waals surface area contributed by atoms with Crippen molar-refractivity contribution in [2.45, 2.75) is 44.7 Å². The number of aryl methyl sites for hydroxylation is 1. The number of amides is 2. The van der Waals surface area contributed by atoms with Crippen LogP contribution in [0.25, 0.3) is 5.69 Å². The molecule has 2 aromatic rings. The van der Waals surface area contributed by atoms with E-state index in [-0.39, 0.29) is 18.1 Å². The molecule has 0 unspecified atom stereocenters. The molecule has 1 aromatic carbocycles. The lowest BCUT2D eigenvalue weighted by atomic mass is 9.91. The molecule has 2 amide bonds. The van der Waals surface area contributed by atoms with Crippen molar-refractivity contribution in [2.24, 2.45) is 5.73 Å². The van der Waals surface area contributed by atoms with Gasteiger partial charge in [-0.2, -0.15) is 4.68 Å². The van der Waals surface area contributed by atoms with Gasteiger partial charge < -0.3 is 16.0 Å². The lowest BCUT2D eigenvalue weighted by Gasteiger charge is -2.33. The number of hydrogen-bond acceptors (Lipinski definition) is 5. The molecule has 1 aliphatic rings. The Morgan fingerprint density at radius 1 is 1.33 bits per heavy atom. The molecule has 0 atom stereocenters. The first kappa shape index (κ1) is 16.4. The average molecular weight is 329 g/mol. The Balaban J connectivity index is 1.67. The molecule has 0 spiro atoms. The van der Waals surface area contributed by atoms with Crippen LogP contribution in [0, 0.1) is 6.92 Å². The maximum atomic E-state index is 12.5. The van der Waals surface area contributed by atoms with Gasteiger partial charge in [-0.05, 0) is 61.2 Å². The summed E-state index contributed by atoms with van der Waals surface area (Å²) in [6.45, 7) is 1.83. The summed E-state index contributed by atoms with van der Waals surface area (Å²) in [5.41, 5.74) is 7.46. The van der Waals surface area contributed by atoms with E-state index in [1.165, 1.54) is 0 Å². The molecule has 1 fully saturated rings. The fourth-order valence-electron chi connectivity index (χ4n) is 3.05. The van der Waals surface area contributed by atoms with Crippen LogP contribution in [0.15, 0.2) is 24.3 Å². The van der Waals surface area contributed by atoms with E-state index in [0.29, 0.717) is 11.5 Å². The number of anilines is 1. The number of carbonyl (C=O) groups is 1. The molecule has 3 rings (SSSR count). The second-order valence-electron chi connectivity index (χ2n) is 6.30. The van der Waals surface area contributed by atoms with Crippen LogP contribution in [0.3, 0.4) is 0 Å². The van der Waals surface area contributed by atoms with Crippen LogP contribution >= 0.6 is 0 Å². The van der Waals surface area contributed by atoms with Gasteiger partial charge in [0.15, 0.2) is 5.82 Å². The molecule has 0 bridgehead atoms. The number of nitrogens with one attached hydrogen (secondary N) is 1. The zero-order valence-electron chi connectivity index (χ0n) is 14.0. The Kier molecular flexibility index (Phi) is 4.75. The molecule has 128 valence electrons. The Hall–Kier alpha value is -2.48. The topological polar surface area (TPSA) is 102 Å². The third-order valence-corrected chi connectivity index (χ3v) is 4.58. The van der Waals surface area contributed by atoms with Crippen LogP contribution in [-0.4, -0.2) is 50.3 Å². The lowest BCUT2D eigenvalue weighted by molar-refractivity contribution is 0.182. The SMILES string of the molecule is Cc1nnnn1-c1cccc(NC(=O)N(C)C2CCC(N)CC2)c1. The molecule has 1 saturated carbocycles. The van der Waals surface area contributed by atoms with Gasteiger partial charge in [-0.25, -0.2) is 4.79 Å². The maximum absolute atomic E-state index is 12.5. The number of nitrogens with two attached hydrogens (primary N) is 1. The molecular weight excluding hydrogens is 306 g/mol. The van der Waals surface area contributed by atoms with Gasteiger partial charge in [-0.1, -0.05) is 6.07 Å². The van der Waals surface area contributed by atoms with Gasteiger partial charge in [0, 0.05) is 24.8 Å². The van der Waals surface area contributed by atoms with Crippen molar-refractivity contribution in [3.63, 3.8) is 0 Å². The number of hydrogen-bond donors (Lipinski definition) is 2. The van der Waals surface area contributed by atoms with Crippen molar-refractivity contribution in [1.82, 2.24) is 25.1 Å². The van der Waals surface area contributed by atoms with E-state index in [1.54, 1.807) is 9.58 Å². The number of rotatable bonds is 3. The number of benzene rings is 1. The fraction of sp³-hybridized carbons (Fsp3) is 0.500. The quantitative estimate of drug-likeness (QED) is 0.892. The zero-order chi connectivity index (χ0) is 17.1. The second kappa shape index (κ2) is 6.96. The van der Waals surface area contributed by atoms with Crippen molar-refractivity contribution in [3.05, 3.63) is 30.1 Å². The predicted molar refractivity (Wildman–Crippen MR) is 90.9 cm³/mol. The van der Waals surface area contributed by atoms with E-state index >= 15 is 0 Å². The van der Waals surface area contributed by atoms with Crippen LogP contribution in [0.5, 0.6) is 0 Å². The van der Waals surface area contributed by atoms with Gasteiger partial charge in [0.1, 0.15) is 0 Å². The first-order valence-corrected chi connectivity index (χ1v) is 8.19. The number of carbonyl (C=O) groups excluding carboxylic acids is 1. The Morgan fingerprint density at radius 3 is 2.75 bits per heavy atom. The van der Waals surface area contributed by atoms with Gasteiger partial charge in [0.2, 0.25) is 0 Å². The van der Waals surface area contributed by atoms with Crippen molar-refractivity contribution in [1.29, 1.82) is 0 Å². The summed E-state index contributed by atoms with van der Waals surface area (Å²) in [5.74, 6) is 0.689. The maximum Gasteiger partial charge on any atom is 0.321 e. The minimum atomic E-state index is -0.110. The molecule has 8 nitrogen and oxygen atoms in total. The van der Waals surface area contributed by atoms with Crippen LogP contribution < -0.4 is 11.1 Å². The number of tetrazole rings is 1. The molecule has 24 heavy (non-hydrogen) atoms. The van der Waals surface area contributed by atoms with Crippen LogP contribution in [-0.2, 0) is 0 Å². The monoisotopic (exact) mass is 329 g/mol. The first-order chi connectivity index (χ1) is 11.5. The van der Waals surface area contributed by atoms with E-state index in [9.17, 15) is 4.79 Å². The summed E-state index contributed by atoms with van der Waals surface area (Å²) in [6, 6.07) is 7.87. The average Bonchev–Trinajstić information content (AvgIpc) is 3.01. The van der Waals surface area contributed by atoms with Gasteiger partial charge in [-0.3, -0.25) is 0 Å². The molecule has 0 aliphatic heterocycles. The van der Waals surface area contributed by atoms with E-state index < -0.39 is 0 Å². The Bertz CT molecular complexity index is 706. The van der Waals surface area contributed by atoms with Crippen LogP contribution in [0.2, 0.25) is 0 Å². The second-order valence-corrected chi connectivity index (χ2v) is 6.30. The Labute approximate surface area is 141 Å². The number of urea groups is 1. The van der Waals surface area contributed by atoms with Crippen molar-refractivity contribution < 1.29 is 4.79 Å². The highest BCUT2D eigenvalue weighted by atomic mass is 16.2. The summed E-state index contributed by atoms with van der Waals surface area (Å²) in [7, 11) is 1.84. The zero-order valence-corrected chi connectivity index (χ0v) is 14.0. The summed E-state index contributed by atoms with van der Waals surface area (Å²) in [4.78, 5) is 14.3. The van der Waals surface area contributed by atoms with Crippen LogP contribution in [0.4, 0.5) is 10.5 Å². The minimum Gasteiger partial charge on any atom is -0.328 e. The van der Waals surface area contributed by atoms with Gasteiger partial charge >= 0.3 is 6.03 Å². The van der Waals surface area contributed by atoms with E-state index in [0.717, 1.165) is 31.4 Å². The summed E-state index contributed by atoms with van der Waals surface area (Å²) < 4.78 is 1.63. The number of nitrogens with zero attached hydrogens (tertiary/aromatic N) is 5. The van der Waals surface area contributed by atoms with Crippen LogP contribution in [0.1, 0.15) is 31.5 Å². The van der Waals surface area contributed by atoms with Gasteiger partial charge in [0.25, 0.3) is 0 Å². The number of aromatic nitrogens is 4. The van der Waals surface area contributed by atoms with Crippen molar-refractivity contribution in [3.8, 4) is 5.69 Å². The fourth-order valence-corrected chi connectivity index (χ4v) is 3.05. The van der Waals surface area contributed by atoms with Crippen molar-refractivity contribution in [2.75, 3.05) is 12.4 Å². The summed E-state index contributed by atoms with van der Waals surface area (Å²) in [5, 5.41) is 14.4. The highest BCUT2D eigenvalue weighted by Crippen LogP contribution is 2.22. The molecule has 0 saturated heterocycles. The van der Waals surface area contributed by atoms with E-state index in [1.807, 2.05) is 38.2 Å². The third kappa shape index (κ3) is 3.53. The Morgan fingerprint density at radius 2 is 2.08 bits per heavy atom. The van der Waals surface area contributed by atoms with Crippen molar-refractivity contribution >= 4 is 11.7 Å².